The van der Waals surface area contributed by atoms with Gasteiger partial charge in [0.15, 0.2) is 0 Å². The Labute approximate surface area is 250 Å². The van der Waals surface area contributed by atoms with Crippen LogP contribution in [0.3, 0.4) is 0 Å². The maximum Gasteiger partial charge on any atom is 0.312 e. The number of aryl methyl sites for hydroxylation is 2. The Morgan fingerprint density at radius 2 is 1.83 bits per heavy atom. The van der Waals surface area contributed by atoms with Crippen molar-refractivity contribution in [1.29, 1.82) is 0 Å². The molecule has 0 aliphatic carbocycles. The van der Waals surface area contributed by atoms with E-state index in [0.29, 0.717) is 45.1 Å². The number of likely N-dealkylation sites (tertiary alicyclic amines) is 1. The number of unbranched alkanes of at least 4 members (excludes halogenated alkanes) is 4. The summed E-state index contributed by atoms with van der Waals surface area (Å²) >= 11 is 0. The SMILES string of the molecule is C=CCCCOC(=O)[C@H]1[C@H]2C(=O)N(CCCCCCO)C(C(=O)N(CC=C)c3c(C)cccc3C)C23CC[C@]1(CC)O3. The third-order valence-corrected chi connectivity index (χ3v) is 9.56. The molecule has 5 atom stereocenters. The van der Waals surface area contributed by atoms with Gasteiger partial charge in [0.25, 0.3) is 5.91 Å². The number of para-hydroxylation sites is 1. The van der Waals surface area contributed by atoms with E-state index in [1.807, 2.05) is 39.0 Å². The molecule has 42 heavy (non-hydrogen) atoms. The number of hydrogen-bond donors (Lipinski definition) is 1. The average Bonchev–Trinajstić information content (AvgIpc) is 3.58. The minimum atomic E-state index is -1.10. The van der Waals surface area contributed by atoms with Crippen LogP contribution in [0.1, 0.15) is 75.8 Å². The van der Waals surface area contributed by atoms with Crippen LogP contribution in [0.5, 0.6) is 0 Å². The Kier molecular flexibility index (Phi) is 10.3. The van der Waals surface area contributed by atoms with Gasteiger partial charge in [-0.05, 0) is 69.9 Å². The number of nitrogens with zero attached hydrogens (tertiary/aromatic N) is 2. The van der Waals surface area contributed by atoms with Crippen LogP contribution in [0.15, 0.2) is 43.5 Å². The lowest BCUT2D eigenvalue weighted by molar-refractivity contribution is -0.161. The molecular formula is C34H48N2O6. The number of rotatable bonds is 16. The molecule has 1 aromatic carbocycles. The molecule has 3 saturated heterocycles. The van der Waals surface area contributed by atoms with Crippen LogP contribution in [-0.2, 0) is 23.9 Å². The summed E-state index contributed by atoms with van der Waals surface area (Å²) in [4.78, 5) is 46.3. The summed E-state index contributed by atoms with van der Waals surface area (Å²) in [5, 5.41) is 9.21. The number of ether oxygens (including phenoxy) is 2. The first-order chi connectivity index (χ1) is 20.2. The van der Waals surface area contributed by atoms with Gasteiger partial charge < -0.3 is 24.4 Å². The van der Waals surface area contributed by atoms with Crippen molar-refractivity contribution in [3.63, 3.8) is 0 Å². The molecule has 0 radical (unpaired) electrons. The Hall–Kier alpha value is -2.97. The normalized spacial score (nSPS) is 27.7. The minimum Gasteiger partial charge on any atom is -0.465 e. The molecule has 8 heteroatoms. The monoisotopic (exact) mass is 580 g/mol. The van der Waals surface area contributed by atoms with Crippen molar-refractivity contribution in [2.24, 2.45) is 11.8 Å². The second kappa shape index (κ2) is 13.6. The number of anilines is 1. The van der Waals surface area contributed by atoms with Crippen molar-refractivity contribution in [3.8, 4) is 0 Å². The van der Waals surface area contributed by atoms with Gasteiger partial charge in [0.1, 0.15) is 17.6 Å². The van der Waals surface area contributed by atoms with Crippen molar-refractivity contribution in [1.82, 2.24) is 4.90 Å². The van der Waals surface area contributed by atoms with Crippen molar-refractivity contribution in [3.05, 3.63) is 54.6 Å². The van der Waals surface area contributed by atoms with Gasteiger partial charge in [-0.3, -0.25) is 14.4 Å². The lowest BCUT2D eigenvalue weighted by atomic mass is 9.65. The second-order valence-electron chi connectivity index (χ2n) is 12.1. The minimum absolute atomic E-state index is 0.130. The molecule has 0 saturated carbocycles. The van der Waals surface area contributed by atoms with Gasteiger partial charge in [-0.2, -0.15) is 0 Å². The van der Waals surface area contributed by atoms with Crippen molar-refractivity contribution < 1.29 is 29.0 Å². The number of aliphatic hydroxyl groups excluding tert-OH is 1. The molecule has 2 bridgehead atoms. The van der Waals surface area contributed by atoms with Crippen molar-refractivity contribution in [2.45, 2.75) is 95.8 Å². The van der Waals surface area contributed by atoms with E-state index in [9.17, 15) is 19.5 Å². The van der Waals surface area contributed by atoms with Crippen LogP contribution in [-0.4, -0.2) is 71.3 Å². The van der Waals surface area contributed by atoms with Crippen LogP contribution in [0, 0.1) is 25.7 Å². The fourth-order valence-corrected chi connectivity index (χ4v) is 7.63. The van der Waals surface area contributed by atoms with Crippen molar-refractivity contribution in [2.75, 3.05) is 31.2 Å². The van der Waals surface area contributed by atoms with Crippen molar-refractivity contribution >= 4 is 23.5 Å². The van der Waals surface area contributed by atoms with E-state index in [1.165, 1.54) is 0 Å². The molecule has 4 rings (SSSR count). The molecule has 1 N–H and O–H groups in total. The first-order valence-electron chi connectivity index (χ1n) is 15.6. The summed E-state index contributed by atoms with van der Waals surface area (Å²) in [5.41, 5.74) is 0.802. The van der Waals surface area contributed by atoms with Gasteiger partial charge in [0, 0.05) is 25.4 Å². The lowest BCUT2D eigenvalue weighted by Gasteiger charge is -2.37. The van der Waals surface area contributed by atoms with Crippen LogP contribution in [0.2, 0.25) is 0 Å². The predicted molar refractivity (Wildman–Crippen MR) is 163 cm³/mol. The number of benzene rings is 1. The summed E-state index contributed by atoms with van der Waals surface area (Å²) in [6, 6.07) is 5.06. The Morgan fingerprint density at radius 3 is 2.48 bits per heavy atom. The lowest BCUT2D eigenvalue weighted by Crippen LogP contribution is -2.56. The fraction of sp³-hybridized carbons (Fsp3) is 0.618. The first-order valence-corrected chi connectivity index (χ1v) is 15.6. The van der Waals surface area contributed by atoms with E-state index in [2.05, 4.69) is 13.2 Å². The van der Waals surface area contributed by atoms with Gasteiger partial charge in [-0.1, -0.05) is 50.1 Å². The number of fused-ring (bicyclic) bond motifs is 1. The number of carbonyl (C=O) groups excluding carboxylic acids is 3. The molecule has 3 aliphatic rings. The topological polar surface area (TPSA) is 96.4 Å². The van der Waals surface area contributed by atoms with E-state index in [0.717, 1.165) is 36.1 Å². The van der Waals surface area contributed by atoms with E-state index in [-0.39, 0.29) is 31.6 Å². The zero-order chi connectivity index (χ0) is 30.5. The largest absolute Gasteiger partial charge is 0.465 e. The number of esters is 1. The Balaban J connectivity index is 1.75. The third-order valence-electron chi connectivity index (χ3n) is 9.56. The molecule has 3 fully saturated rings. The summed E-state index contributed by atoms with van der Waals surface area (Å²) < 4.78 is 12.6. The average molecular weight is 581 g/mol. The Morgan fingerprint density at radius 1 is 1.12 bits per heavy atom. The fourth-order valence-electron chi connectivity index (χ4n) is 7.63. The van der Waals surface area contributed by atoms with E-state index >= 15 is 0 Å². The second-order valence-corrected chi connectivity index (χ2v) is 12.1. The molecule has 0 aromatic heterocycles. The molecule has 1 spiro atoms. The van der Waals surface area contributed by atoms with E-state index in [1.54, 1.807) is 22.0 Å². The number of amides is 2. The number of aliphatic hydroxyl groups is 1. The zero-order valence-electron chi connectivity index (χ0n) is 25.6. The van der Waals surface area contributed by atoms with Gasteiger partial charge in [-0.15, -0.1) is 13.2 Å². The maximum atomic E-state index is 14.8. The highest BCUT2D eigenvalue weighted by atomic mass is 16.6. The number of allylic oxidation sites excluding steroid dienone is 1. The van der Waals surface area contributed by atoms with Crippen LogP contribution in [0.4, 0.5) is 5.69 Å². The highest BCUT2D eigenvalue weighted by Gasteiger charge is 2.79. The standard InChI is InChI=1S/C34H48N2O6/c1-6-9-14-23-41-32(40)27-26-30(38)36(21-12-10-11-13-22-37)29(34(26)19-18-33(27,8-3)42-34)31(39)35(20-7-2)28-24(4)16-15-17-25(28)5/h6-7,15-17,26-27,29,37H,1-2,8-14,18-23H2,3-5H3/t26-,27+,29?,33-,34?/m0/s1. The maximum absolute atomic E-state index is 14.8. The molecule has 3 heterocycles. The van der Waals surface area contributed by atoms with Crippen LogP contribution in [0.25, 0.3) is 0 Å². The summed E-state index contributed by atoms with van der Waals surface area (Å²) in [5.74, 6) is -2.33. The molecule has 8 nitrogen and oxygen atoms in total. The number of hydrogen-bond acceptors (Lipinski definition) is 6. The molecular weight excluding hydrogens is 532 g/mol. The molecule has 2 amide bonds. The number of carbonyl (C=O) groups is 3. The highest BCUT2D eigenvalue weighted by molar-refractivity contribution is 6.05. The first kappa shape index (κ1) is 32.0. The highest BCUT2D eigenvalue weighted by Crippen LogP contribution is 2.64. The van der Waals surface area contributed by atoms with Gasteiger partial charge in [0.2, 0.25) is 5.91 Å². The summed E-state index contributed by atoms with van der Waals surface area (Å²) in [6.07, 6.45) is 9.63. The van der Waals surface area contributed by atoms with E-state index in [4.69, 9.17) is 9.47 Å². The molecule has 3 aliphatic heterocycles. The summed E-state index contributed by atoms with van der Waals surface area (Å²) in [7, 11) is 0. The van der Waals surface area contributed by atoms with Gasteiger partial charge in [-0.25, -0.2) is 0 Å². The summed E-state index contributed by atoms with van der Waals surface area (Å²) in [6.45, 7) is 14.7. The molecule has 1 aromatic rings. The molecule has 2 unspecified atom stereocenters. The van der Waals surface area contributed by atoms with Crippen LogP contribution >= 0.6 is 0 Å². The smallest absolute Gasteiger partial charge is 0.312 e. The Bertz CT molecular complexity index is 1160. The molecule has 230 valence electrons. The zero-order valence-corrected chi connectivity index (χ0v) is 25.6. The third kappa shape index (κ3) is 5.55. The van der Waals surface area contributed by atoms with Gasteiger partial charge >= 0.3 is 5.97 Å². The van der Waals surface area contributed by atoms with E-state index < -0.39 is 35.0 Å². The quantitative estimate of drug-likeness (QED) is 0.167. The van der Waals surface area contributed by atoms with Gasteiger partial charge in [0.05, 0.1) is 18.1 Å². The van der Waals surface area contributed by atoms with Crippen LogP contribution < -0.4 is 4.90 Å². The predicted octanol–water partition coefficient (Wildman–Crippen LogP) is 5.04.